The van der Waals surface area contributed by atoms with Gasteiger partial charge in [0.1, 0.15) is 0 Å². The first kappa shape index (κ1) is 12.8. The first-order valence-electron chi connectivity index (χ1n) is 6.05. The third kappa shape index (κ3) is 3.44. The molecule has 2 aromatic rings. The van der Waals surface area contributed by atoms with E-state index in [2.05, 4.69) is 48.6 Å². The van der Waals surface area contributed by atoms with Crippen LogP contribution in [0.5, 0.6) is 0 Å². The Kier molecular flexibility index (Phi) is 4.15. The molecule has 0 aliphatic carbocycles. The van der Waals surface area contributed by atoms with Crippen molar-refractivity contribution in [2.24, 2.45) is 0 Å². The van der Waals surface area contributed by atoms with Crippen LogP contribution in [0.15, 0.2) is 36.4 Å². The van der Waals surface area contributed by atoms with Crippen molar-refractivity contribution < 1.29 is 4.79 Å². The van der Waals surface area contributed by atoms with E-state index >= 15 is 0 Å². The number of thiophene rings is 1. The summed E-state index contributed by atoms with van der Waals surface area (Å²) in [5.74, 6) is 0.0327. The fourth-order valence-electron chi connectivity index (χ4n) is 1.75. The highest BCUT2D eigenvalue weighted by Gasteiger charge is 2.03. The van der Waals surface area contributed by atoms with Gasteiger partial charge < -0.3 is 5.32 Å². The minimum Gasteiger partial charge on any atom is -0.356 e. The van der Waals surface area contributed by atoms with Crippen molar-refractivity contribution in [2.45, 2.75) is 20.3 Å². The van der Waals surface area contributed by atoms with Crippen LogP contribution < -0.4 is 5.32 Å². The molecule has 1 amide bonds. The smallest absolute Gasteiger partial charge is 0.216 e. The van der Waals surface area contributed by atoms with Gasteiger partial charge in [-0.3, -0.25) is 4.79 Å². The van der Waals surface area contributed by atoms with Crippen LogP contribution in [0.3, 0.4) is 0 Å². The average molecular weight is 259 g/mol. The predicted molar refractivity (Wildman–Crippen MR) is 76.9 cm³/mol. The highest BCUT2D eigenvalue weighted by molar-refractivity contribution is 7.15. The maximum absolute atomic E-state index is 10.8. The predicted octanol–water partition coefficient (Wildman–Crippen LogP) is 3.40. The molecular weight excluding hydrogens is 242 g/mol. The molecule has 0 bridgehead atoms. The highest BCUT2D eigenvalue weighted by atomic mass is 32.1. The number of hydrogen-bond acceptors (Lipinski definition) is 2. The Balaban J connectivity index is 2.01. The molecule has 0 atom stereocenters. The highest BCUT2D eigenvalue weighted by Crippen LogP contribution is 2.28. The van der Waals surface area contributed by atoms with Crippen molar-refractivity contribution in [3.05, 3.63) is 46.8 Å². The Morgan fingerprint density at radius 2 is 1.89 bits per heavy atom. The van der Waals surface area contributed by atoms with Crippen molar-refractivity contribution in [3.8, 4) is 10.4 Å². The lowest BCUT2D eigenvalue weighted by atomic mass is 10.1. The minimum absolute atomic E-state index is 0.0327. The van der Waals surface area contributed by atoms with Gasteiger partial charge in [-0.1, -0.05) is 29.8 Å². The van der Waals surface area contributed by atoms with Gasteiger partial charge in [-0.05, 0) is 31.0 Å². The fraction of sp³-hybridized carbons (Fsp3) is 0.267. The number of amides is 1. The van der Waals surface area contributed by atoms with E-state index in [1.807, 2.05) is 0 Å². The first-order valence-corrected chi connectivity index (χ1v) is 6.87. The summed E-state index contributed by atoms with van der Waals surface area (Å²) in [7, 11) is 0. The number of hydrogen-bond donors (Lipinski definition) is 1. The standard InChI is InChI=1S/C15H17NOS/c1-11-3-5-13(6-4-11)15-8-7-14(18-15)9-10-16-12(2)17/h3-8H,9-10H2,1-2H3,(H,16,17). The van der Waals surface area contributed by atoms with Crippen molar-refractivity contribution in [1.29, 1.82) is 0 Å². The van der Waals surface area contributed by atoms with Crippen LogP contribution in [-0.4, -0.2) is 12.5 Å². The molecule has 0 spiro atoms. The molecule has 1 aromatic heterocycles. The summed E-state index contributed by atoms with van der Waals surface area (Å²) < 4.78 is 0. The van der Waals surface area contributed by atoms with Gasteiger partial charge in [-0.2, -0.15) is 0 Å². The summed E-state index contributed by atoms with van der Waals surface area (Å²) in [6, 6.07) is 12.9. The zero-order valence-corrected chi connectivity index (χ0v) is 11.5. The molecule has 0 saturated heterocycles. The number of nitrogens with one attached hydrogen (secondary N) is 1. The van der Waals surface area contributed by atoms with Crippen molar-refractivity contribution >= 4 is 17.2 Å². The van der Waals surface area contributed by atoms with E-state index in [0.29, 0.717) is 6.54 Å². The largest absolute Gasteiger partial charge is 0.356 e. The maximum Gasteiger partial charge on any atom is 0.216 e. The van der Waals surface area contributed by atoms with Gasteiger partial charge in [0.15, 0.2) is 0 Å². The Morgan fingerprint density at radius 1 is 1.17 bits per heavy atom. The van der Waals surface area contributed by atoms with Crippen LogP contribution in [-0.2, 0) is 11.2 Å². The van der Waals surface area contributed by atoms with Gasteiger partial charge >= 0.3 is 0 Å². The lowest BCUT2D eigenvalue weighted by molar-refractivity contribution is -0.118. The Labute approximate surface area is 112 Å². The van der Waals surface area contributed by atoms with Crippen LogP contribution in [0.25, 0.3) is 10.4 Å². The molecule has 2 rings (SSSR count). The quantitative estimate of drug-likeness (QED) is 0.895. The number of rotatable bonds is 4. The lowest BCUT2D eigenvalue weighted by Gasteiger charge is -1.99. The van der Waals surface area contributed by atoms with Gasteiger partial charge in [0.2, 0.25) is 5.91 Å². The second-order valence-corrected chi connectivity index (χ2v) is 5.53. The molecule has 2 nitrogen and oxygen atoms in total. The zero-order valence-electron chi connectivity index (χ0n) is 10.7. The lowest BCUT2D eigenvalue weighted by Crippen LogP contribution is -2.21. The molecule has 0 fully saturated rings. The molecule has 0 radical (unpaired) electrons. The SMILES string of the molecule is CC(=O)NCCc1ccc(-c2ccc(C)cc2)s1. The summed E-state index contributed by atoms with van der Waals surface area (Å²) in [4.78, 5) is 13.4. The van der Waals surface area contributed by atoms with Gasteiger partial charge in [0, 0.05) is 23.2 Å². The Hall–Kier alpha value is -1.61. The number of aryl methyl sites for hydroxylation is 1. The van der Waals surface area contributed by atoms with Crippen molar-refractivity contribution in [2.75, 3.05) is 6.54 Å². The molecule has 0 aliphatic rings. The Bertz CT molecular complexity index is 528. The topological polar surface area (TPSA) is 29.1 Å². The molecule has 18 heavy (non-hydrogen) atoms. The van der Waals surface area contributed by atoms with Gasteiger partial charge in [0.05, 0.1) is 0 Å². The van der Waals surface area contributed by atoms with E-state index in [1.54, 1.807) is 18.3 Å². The summed E-state index contributed by atoms with van der Waals surface area (Å²) in [6.45, 7) is 4.35. The van der Waals surface area contributed by atoms with E-state index < -0.39 is 0 Å². The summed E-state index contributed by atoms with van der Waals surface area (Å²) in [6.07, 6.45) is 0.899. The van der Waals surface area contributed by atoms with Crippen LogP contribution in [0, 0.1) is 6.92 Å². The molecule has 0 saturated carbocycles. The fourth-order valence-corrected chi connectivity index (χ4v) is 2.76. The number of carbonyl (C=O) groups excluding carboxylic acids is 1. The molecule has 0 unspecified atom stereocenters. The summed E-state index contributed by atoms with van der Waals surface area (Å²) in [5, 5.41) is 2.82. The van der Waals surface area contributed by atoms with Gasteiger partial charge in [-0.15, -0.1) is 11.3 Å². The van der Waals surface area contributed by atoms with E-state index in [1.165, 1.54) is 20.9 Å². The monoisotopic (exact) mass is 259 g/mol. The maximum atomic E-state index is 10.8. The number of benzene rings is 1. The second-order valence-electron chi connectivity index (χ2n) is 4.36. The number of carbonyl (C=O) groups is 1. The summed E-state index contributed by atoms with van der Waals surface area (Å²) in [5.41, 5.74) is 2.54. The third-order valence-corrected chi connectivity index (χ3v) is 3.94. The third-order valence-electron chi connectivity index (χ3n) is 2.74. The van der Waals surface area contributed by atoms with Crippen LogP contribution >= 0.6 is 11.3 Å². The summed E-state index contributed by atoms with van der Waals surface area (Å²) >= 11 is 1.79. The molecule has 94 valence electrons. The van der Waals surface area contributed by atoms with Crippen molar-refractivity contribution in [1.82, 2.24) is 5.32 Å². The molecular formula is C15H17NOS. The van der Waals surface area contributed by atoms with Crippen LogP contribution in [0.2, 0.25) is 0 Å². The minimum atomic E-state index is 0.0327. The van der Waals surface area contributed by atoms with Crippen LogP contribution in [0.1, 0.15) is 17.4 Å². The van der Waals surface area contributed by atoms with E-state index in [4.69, 9.17) is 0 Å². The molecule has 1 aromatic carbocycles. The molecule has 0 aliphatic heterocycles. The normalized spacial score (nSPS) is 10.3. The van der Waals surface area contributed by atoms with E-state index in [0.717, 1.165) is 6.42 Å². The van der Waals surface area contributed by atoms with Gasteiger partial charge in [-0.25, -0.2) is 0 Å². The Morgan fingerprint density at radius 3 is 2.56 bits per heavy atom. The average Bonchev–Trinajstić information content (AvgIpc) is 2.78. The van der Waals surface area contributed by atoms with Crippen LogP contribution in [0.4, 0.5) is 0 Å². The first-order chi connectivity index (χ1) is 8.65. The molecule has 1 heterocycles. The van der Waals surface area contributed by atoms with E-state index in [-0.39, 0.29) is 5.91 Å². The van der Waals surface area contributed by atoms with E-state index in [9.17, 15) is 4.79 Å². The van der Waals surface area contributed by atoms with Crippen molar-refractivity contribution in [3.63, 3.8) is 0 Å². The zero-order chi connectivity index (χ0) is 13.0. The molecule has 1 N–H and O–H groups in total. The second kappa shape index (κ2) is 5.83. The molecule has 3 heteroatoms. The van der Waals surface area contributed by atoms with Gasteiger partial charge in [0.25, 0.3) is 0 Å².